The molecule has 0 aliphatic carbocycles. The summed E-state index contributed by atoms with van der Waals surface area (Å²) in [6, 6.07) is 7.85. The van der Waals surface area contributed by atoms with Crippen LogP contribution in [0.15, 0.2) is 24.3 Å². The zero-order valence-electron chi connectivity index (χ0n) is 9.40. The average molecular weight is 239 g/mol. The van der Waals surface area contributed by atoms with Crippen LogP contribution in [-0.4, -0.2) is 25.3 Å². The van der Waals surface area contributed by atoms with Crippen LogP contribution in [-0.2, 0) is 11.2 Å². The quantitative estimate of drug-likeness (QED) is 0.741. The first-order valence-electron chi connectivity index (χ1n) is 5.26. The van der Waals surface area contributed by atoms with Crippen LogP contribution in [0.2, 0.25) is 0 Å². The number of carbonyl (C=O) groups is 1. The largest absolute Gasteiger partial charge is 0.497 e. The van der Waals surface area contributed by atoms with E-state index < -0.39 is 0 Å². The lowest BCUT2D eigenvalue weighted by atomic mass is 10.1. The SMILES string of the molecule is COc1cccc(CCNC(=O)CCS)c1. The van der Waals surface area contributed by atoms with Gasteiger partial charge in [0.25, 0.3) is 0 Å². The fourth-order valence-corrected chi connectivity index (χ4v) is 1.57. The molecule has 1 amide bonds. The summed E-state index contributed by atoms with van der Waals surface area (Å²) in [7, 11) is 1.65. The van der Waals surface area contributed by atoms with Crippen LogP contribution in [0.3, 0.4) is 0 Å². The van der Waals surface area contributed by atoms with Gasteiger partial charge >= 0.3 is 0 Å². The van der Waals surface area contributed by atoms with Crippen LogP contribution in [0.5, 0.6) is 5.75 Å². The molecule has 0 aliphatic heterocycles. The Hall–Kier alpha value is -1.16. The molecule has 88 valence electrons. The first-order chi connectivity index (χ1) is 7.76. The normalized spacial score (nSPS) is 9.88. The van der Waals surface area contributed by atoms with E-state index in [9.17, 15) is 4.79 Å². The van der Waals surface area contributed by atoms with Gasteiger partial charge in [-0.25, -0.2) is 0 Å². The van der Waals surface area contributed by atoms with Gasteiger partial charge in [0.1, 0.15) is 5.75 Å². The van der Waals surface area contributed by atoms with Gasteiger partial charge in [0.2, 0.25) is 5.91 Å². The van der Waals surface area contributed by atoms with Crippen molar-refractivity contribution in [2.24, 2.45) is 0 Å². The molecule has 0 aromatic heterocycles. The molecular weight excluding hydrogens is 222 g/mol. The predicted octanol–water partition coefficient (Wildman–Crippen LogP) is 1.67. The van der Waals surface area contributed by atoms with E-state index in [0.717, 1.165) is 17.7 Å². The molecule has 0 bridgehead atoms. The van der Waals surface area contributed by atoms with Crippen LogP contribution in [0.4, 0.5) is 0 Å². The zero-order chi connectivity index (χ0) is 11.8. The van der Waals surface area contributed by atoms with Gasteiger partial charge in [0.05, 0.1) is 7.11 Å². The van der Waals surface area contributed by atoms with E-state index in [1.807, 2.05) is 24.3 Å². The van der Waals surface area contributed by atoms with Crippen LogP contribution >= 0.6 is 12.6 Å². The van der Waals surface area contributed by atoms with Crippen LogP contribution in [0.1, 0.15) is 12.0 Å². The number of thiol groups is 1. The van der Waals surface area contributed by atoms with Gasteiger partial charge in [-0.1, -0.05) is 12.1 Å². The van der Waals surface area contributed by atoms with Gasteiger partial charge in [-0.05, 0) is 29.9 Å². The topological polar surface area (TPSA) is 38.3 Å². The number of methoxy groups -OCH3 is 1. The lowest BCUT2D eigenvalue weighted by Crippen LogP contribution is -2.25. The van der Waals surface area contributed by atoms with Gasteiger partial charge in [0, 0.05) is 13.0 Å². The van der Waals surface area contributed by atoms with Gasteiger partial charge in [0.15, 0.2) is 0 Å². The van der Waals surface area contributed by atoms with Crippen molar-refractivity contribution in [3.05, 3.63) is 29.8 Å². The lowest BCUT2D eigenvalue weighted by molar-refractivity contribution is -0.120. The van der Waals surface area contributed by atoms with Crippen molar-refractivity contribution >= 4 is 18.5 Å². The van der Waals surface area contributed by atoms with E-state index in [1.165, 1.54) is 0 Å². The molecule has 4 heteroatoms. The molecule has 0 radical (unpaired) electrons. The molecule has 0 saturated heterocycles. The highest BCUT2D eigenvalue weighted by molar-refractivity contribution is 7.80. The predicted molar refractivity (Wildman–Crippen MR) is 68.2 cm³/mol. The number of rotatable bonds is 6. The fourth-order valence-electron chi connectivity index (χ4n) is 1.36. The van der Waals surface area contributed by atoms with Crippen molar-refractivity contribution in [3.63, 3.8) is 0 Å². The Kier molecular flexibility index (Phi) is 5.78. The summed E-state index contributed by atoms with van der Waals surface area (Å²) in [5, 5.41) is 2.84. The monoisotopic (exact) mass is 239 g/mol. The minimum absolute atomic E-state index is 0.0536. The van der Waals surface area contributed by atoms with Crippen LogP contribution in [0, 0.1) is 0 Å². The third kappa shape index (κ3) is 4.57. The highest BCUT2D eigenvalue weighted by Crippen LogP contribution is 2.12. The van der Waals surface area contributed by atoms with Crippen molar-refractivity contribution < 1.29 is 9.53 Å². The van der Waals surface area contributed by atoms with Crippen LogP contribution < -0.4 is 10.1 Å². The van der Waals surface area contributed by atoms with E-state index in [4.69, 9.17) is 4.74 Å². The second kappa shape index (κ2) is 7.17. The number of benzene rings is 1. The number of hydrogen-bond acceptors (Lipinski definition) is 3. The molecule has 1 aromatic rings. The second-order valence-electron chi connectivity index (χ2n) is 3.43. The first-order valence-corrected chi connectivity index (χ1v) is 5.90. The van der Waals surface area contributed by atoms with Crippen molar-refractivity contribution in [2.75, 3.05) is 19.4 Å². The van der Waals surface area contributed by atoms with Gasteiger partial charge in [-0.3, -0.25) is 4.79 Å². The smallest absolute Gasteiger partial charge is 0.220 e. The molecule has 3 nitrogen and oxygen atoms in total. The molecule has 0 saturated carbocycles. The molecule has 0 heterocycles. The first kappa shape index (κ1) is 12.9. The molecule has 0 aliphatic rings. The van der Waals surface area contributed by atoms with E-state index in [2.05, 4.69) is 17.9 Å². The highest BCUT2D eigenvalue weighted by Gasteiger charge is 1.99. The standard InChI is InChI=1S/C12H17NO2S/c1-15-11-4-2-3-10(9-11)5-7-13-12(14)6-8-16/h2-4,9,16H,5-8H2,1H3,(H,13,14). The van der Waals surface area contributed by atoms with E-state index in [0.29, 0.717) is 18.7 Å². The number of amides is 1. The zero-order valence-corrected chi connectivity index (χ0v) is 10.3. The number of hydrogen-bond donors (Lipinski definition) is 2. The van der Waals surface area contributed by atoms with Crippen molar-refractivity contribution in [1.82, 2.24) is 5.32 Å². The van der Waals surface area contributed by atoms with E-state index in [1.54, 1.807) is 7.11 Å². The minimum Gasteiger partial charge on any atom is -0.497 e. The summed E-state index contributed by atoms with van der Waals surface area (Å²) >= 11 is 4.00. The lowest BCUT2D eigenvalue weighted by Gasteiger charge is -2.06. The molecule has 1 N–H and O–H groups in total. The Balaban J connectivity index is 2.34. The van der Waals surface area contributed by atoms with E-state index >= 15 is 0 Å². The molecule has 1 rings (SSSR count). The average Bonchev–Trinajstić information content (AvgIpc) is 2.30. The number of ether oxygens (including phenoxy) is 1. The van der Waals surface area contributed by atoms with E-state index in [-0.39, 0.29) is 5.91 Å². The summed E-state index contributed by atoms with van der Waals surface area (Å²) in [6.07, 6.45) is 1.29. The minimum atomic E-state index is 0.0536. The molecule has 16 heavy (non-hydrogen) atoms. The maximum Gasteiger partial charge on any atom is 0.220 e. The molecule has 0 atom stereocenters. The van der Waals surface area contributed by atoms with Gasteiger partial charge in [-0.15, -0.1) is 0 Å². The Bertz CT molecular complexity index is 342. The highest BCUT2D eigenvalue weighted by atomic mass is 32.1. The number of carbonyl (C=O) groups excluding carboxylic acids is 1. The van der Waals surface area contributed by atoms with Crippen LogP contribution in [0.25, 0.3) is 0 Å². The second-order valence-corrected chi connectivity index (χ2v) is 3.87. The maximum atomic E-state index is 11.2. The molecular formula is C12H17NO2S. The summed E-state index contributed by atoms with van der Waals surface area (Å²) in [6.45, 7) is 0.653. The third-order valence-electron chi connectivity index (χ3n) is 2.21. The Morgan fingerprint density at radius 2 is 2.31 bits per heavy atom. The van der Waals surface area contributed by atoms with Crippen molar-refractivity contribution in [3.8, 4) is 5.75 Å². The molecule has 1 aromatic carbocycles. The molecule has 0 spiro atoms. The van der Waals surface area contributed by atoms with Crippen molar-refractivity contribution in [2.45, 2.75) is 12.8 Å². The Morgan fingerprint density at radius 3 is 3.00 bits per heavy atom. The van der Waals surface area contributed by atoms with Gasteiger partial charge < -0.3 is 10.1 Å². The third-order valence-corrected chi connectivity index (χ3v) is 2.43. The summed E-state index contributed by atoms with van der Waals surface area (Å²) in [5.41, 5.74) is 1.16. The van der Waals surface area contributed by atoms with Gasteiger partial charge in [-0.2, -0.15) is 12.6 Å². The molecule has 0 fully saturated rings. The summed E-state index contributed by atoms with van der Waals surface area (Å²) < 4.78 is 5.12. The number of nitrogens with one attached hydrogen (secondary N) is 1. The Morgan fingerprint density at radius 1 is 1.50 bits per heavy atom. The van der Waals surface area contributed by atoms with Crippen molar-refractivity contribution in [1.29, 1.82) is 0 Å². The maximum absolute atomic E-state index is 11.2. The Labute approximate surface area is 102 Å². The molecule has 0 unspecified atom stereocenters. The summed E-state index contributed by atoms with van der Waals surface area (Å²) in [4.78, 5) is 11.2. The summed E-state index contributed by atoms with van der Waals surface area (Å²) in [5.74, 6) is 1.49. The fraction of sp³-hybridized carbons (Fsp3) is 0.417.